The normalized spacial score (nSPS) is 21.1. The molecule has 0 saturated carbocycles. The van der Waals surface area contributed by atoms with Crippen LogP contribution in [0.2, 0.25) is 0 Å². The molecule has 0 spiro atoms. The maximum atomic E-state index is 9.19. The summed E-state index contributed by atoms with van der Waals surface area (Å²) in [5.74, 6) is 0. The van der Waals surface area contributed by atoms with Gasteiger partial charge < -0.3 is 33.5 Å². The predicted molar refractivity (Wildman–Crippen MR) is 181 cm³/mol. The Hall–Kier alpha value is -3.40. The maximum Gasteiger partial charge on any atom is 0.186 e. The molecule has 1 heterocycles. The second-order valence-electron chi connectivity index (χ2n) is 11.8. The van der Waals surface area contributed by atoms with E-state index in [1.807, 2.05) is 97.1 Å². The molecule has 4 aromatic carbocycles. The molecule has 47 heavy (non-hydrogen) atoms. The SMILES string of the molecule is OCCCCCCOC1O[C@H](COCc2ccccc2)[C@@H](OCc2ccccc2)[C@H](OCc2ccccc2)[C@H]1OCc1ccccc1. The van der Waals surface area contributed by atoms with E-state index in [-0.39, 0.29) is 6.61 Å². The smallest absolute Gasteiger partial charge is 0.186 e. The fourth-order valence-electron chi connectivity index (χ4n) is 5.65. The highest BCUT2D eigenvalue weighted by molar-refractivity contribution is 5.16. The van der Waals surface area contributed by atoms with Crippen LogP contribution in [0.1, 0.15) is 47.9 Å². The Kier molecular flexibility index (Phi) is 14.9. The molecule has 1 N–H and O–H groups in total. The second kappa shape index (κ2) is 20.1. The Bertz CT molecular complexity index is 1360. The van der Waals surface area contributed by atoms with E-state index >= 15 is 0 Å². The van der Waals surface area contributed by atoms with Crippen molar-refractivity contribution < 1.29 is 33.5 Å². The minimum absolute atomic E-state index is 0.206. The van der Waals surface area contributed by atoms with Gasteiger partial charge in [-0.05, 0) is 35.1 Å². The lowest BCUT2D eigenvalue weighted by molar-refractivity contribution is -0.328. The molecular formula is C40H48O7. The van der Waals surface area contributed by atoms with Gasteiger partial charge in [0.2, 0.25) is 0 Å². The molecule has 7 heteroatoms. The first-order chi connectivity index (χ1) is 23.3. The van der Waals surface area contributed by atoms with Crippen molar-refractivity contribution in [3.63, 3.8) is 0 Å². The Labute approximate surface area is 279 Å². The van der Waals surface area contributed by atoms with Gasteiger partial charge >= 0.3 is 0 Å². The summed E-state index contributed by atoms with van der Waals surface area (Å²) in [7, 11) is 0. The van der Waals surface area contributed by atoms with Crippen molar-refractivity contribution in [1.29, 1.82) is 0 Å². The van der Waals surface area contributed by atoms with Gasteiger partial charge in [-0.1, -0.05) is 134 Å². The van der Waals surface area contributed by atoms with Crippen LogP contribution >= 0.6 is 0 Å². The highest BCUT2D eigenvalue weighted by Gasteiger charge is 2.49. The van der Waals surface area contributed by atoms with Crippen LogP contribution in [0.4, 0.5) is 0 Å². The van der Waals surface area contributed by atoms with E-state index in [0.717, 1.165) is 47.9 Å². The van der Waals surface area contributed by atoms with Crippen LogP contribution in [0.3, 0.4) is 0 Å². The molecule has 250 valence electrons. The molecule has 1 aliphatic heterocycles. The standard InChI is InChI=1S/C40H48O7/c41-25-15-1-2-16-26-43-40-39(46-30-35-23-13-6-14-24-35)38(45-29-34-21-11-5-12-22-34)37(44-28-33-19-9-4-10-20-33)36(47-40)31-42-27-32-17-7-3-8-18-32/h3-14,17-24,36-41H,1-2,15-16,25-31H2/t36-,37-,38+,39-,40?/m1/s1. The molecule has 0 radical (unpaired) electrons. The van der Waals surface area contributed by atoms with Gasteiger partial charge in [-0.3, -0.25) is 0 Å². The van der Waals surface area contributed by atoms with E-state index in [2.05, 4.69) is 24.3 Å². The number of ether oxygens (including phenoxy) is 6. The minimum atomic E-state index is -0.695. The summed E-state index contributed by atoms with van der Waals surface area (Å²) in [4.78, 5) is 0. The van der Waals surface area contributed by atoms with Crippen molar-refractivity contribution in [2.24, 2.45) is 0 Å². The van der Waals surface area contributed by atoms with E-state index in [1.165, 1.54) is 0 Å². The van der Waals surface area contributed by atoms with E-state index in [1.54, 1.807) is 0 Å². The number of aliphatic hydroxyl groups is 1. The third kappa shape index (κ3) is 11.7. The van der Waals surface area contributed by atoms with Gasteiger partial charge in [-0.25, -0.2) is 0 Å². The fourth-order valence-corrected chi connectivity index (χ4v) is 5.65. The summed E-state index contributed by atoms with van der Waals surface area (Å²) in [5.41, 5.74) is 4.25. The quantitative estimate of drug-likeness (QED) is 0.102. The van der Waals surface area contributed by atoms with Crippen molar-refractivity contribution >= 4 is 0 Å². The number of unbranched alkanes of at least 4 members (excludes halogenated alkanes) is 3. The fraction of sp³-hybridized carbons (Fsp3) is 0.400. The van der Waals surface area contributed by atoms with Gasteiger partial charge in [-0.15, -0.1) is 0 Å². The summed E-state index contributed by atoms with van der Waals surface area (Å²) in [6, 6.07) is 40.5. The molecule has 0 bridgehead atoms. The minimum Gasteiger partial charge on any atom is -0.396 e. The number of hydrogen-bond donors (Lipinski definition) is 1. The molecule has 0 aromatic heterocycles. The monoisotopic (exact) mass is 640 g/mol. The average molecular weight is 641 g/mol. The number of aliphatic hydroxyl groups excluding tert-OH is 1. The third-order valence-corrected chi connectivity index (χ3v) is 8.18. The van der Waals surface area contributed by atoms with Gasteiger partial charge in [0.1, 0.15) is 24.4 Å². The lowest BCUT2D eigenvalue weighted by Gasteiger charge is -2.46. The lowest BCUT2D eigenvalue weighted by Crippen LogP contribution is -2.61. The van der Waals surface area contributed by atoms with Crippen LogP contribution in [-0.4, -0.2) is 55.6 Å². The van der Waals surface area contributed by atoms with Crippen LogP contribution in [0.25, 0.3) is 0 Å². The van der Waals surface area contributed by atoms with Crippen molar-refractivity contribution in [3.8, 4) is 0 Å². The molecule has 1 saturated heterocycles. The summed E-state index contributed by atoms with van der Waals surface area (Å²) in [6.07, 6.45) is 0.807. The number of hydrogen-bond acceptors (Lipinski definition) is 7. The summed E-state index contributed by atoms with van der Waals surface area (Å²) < 4.78 is 39.5. The van der Waals surface area contributed by atoms with Gasteiger partial charge in [0.25, 0.3) is 0 Å². The highest BCUT2D eigenvalue weighted by atomic mass is 16.7. The number of benzene rings is 4. The van der Waals surface area contributed by atoms with E-state index in [9.17, 15) is 5.11 Å². The Morgan fingerprint density at radius 1 is 0.468 bits per heavy atom. The largest absolute Gasteiger partial charge is 0.396 e. The van der Waals surface area contributed by atoms with Crippen molar-refractivity contribution in [1.82, 2.24) is 0 Å². The number of rotatable bonds is 20. The van der Waals surface area contributed by atoms with Gasteiger partial charge in [0.05, 0.1) is 33.0 Å². The second-order valence-corrected chi connectivity index (χ2v) is 11.8. The maximum absolute atomic E-state index is 9.19. The molecule has 5 rings (SSSR count). The zero-order valence-corrected chi connectivity index (χ0v) is 27.1. The van der Waals surface area contributed by atoms with Crippen molar-refractivity contribution in [2.75, 3.05) is 19.8 Å². The molecule has 7 nitrogen and oxygen atoms in total. The van der Waals surface area contributed by atoms with E-state index in [4.69, 9.17) is 28.4 Å². The highest BCUT2D eigenvalue weighted by Crippen LogP contribution is 2.32. The molecule has 5 atom stereocenters. The first-order valence-corrected chi connectivity index (χ1v) is 16.8. The van der Waals surface area contributed by atoms with Gasteiger partial charge in [-0.2, -0.15) is 0 Å². The Balaban J connectivity index is 1.40. The van der Waals surface area contributed by atoms with Gasteiger partial charge in [0.15, 0.2) is 6.29 Å². The molecule has 0 amide bonds. The van der Waals surface area contributed by atoms with Crippen LogP contribution < -0.4 is 0 Å². The Morgan fingerprint density at radius 3 is 1.43 bits per heavy atom. The molecular weight excluding hydrogens is 592 g/mol. The van der Waals surface area contributed by atoms with Crippen LogP contribution in [-0.2, 0) is 54.8 Å². The third-order valence-electron chi connectivity index (χ3n) is 8.18. The Morgan fingerprint density at radius 2 is 0.915 bits per heavy atom. The van der Waals surface area contributed by atoms with E-state index < -0.39 is 30.7 Å². The molecule has 1 unspecified atom stereocenters. The zero-order chi connectivity index (χ0) is 32.4. The summed E-state index contributed by atoms with van der Waals surface area (Å²) >= 11 is 0. The zero-order valence-electron chi connectivity index (χ0n) is 27.1. The predicted octanol–water partition coefficient (Wildman–Crippen LogP) is 7.25. The van der Waals surface area contributed by atoms with Crippen molar-refractivity contribution in [3.05, 3.63) is 144 Å². The van der Waals surface area contributed by atoms with E-state index in [0.29, 0.717) is 39.6 Å². The van der Waals surface area contributed by atoms with Crippen LogP contribution in [0, 0.1) is 0 Å². The van der Waals surface area contributed by atoms with Crippen molar-refractivity contribution in [2.45, 2.75) is 82.8 Å². The van der Waals surface area contributed by atoms with Crippen LogP contribution in [0.15, 0.2) is 121 Å². The van der Waals surface area contributed by atoms with Crippen LogP contribution in [0.5, 0.6) is 0 Å². The molecule has 4 aromatic rings. The molecule has 0 aliphatic carbocycles. The first kappa shape index (κ1) is 34.9. The topological polar surface area (TPSA) is 75.6 Å². The summed E-state index contributed by atoms with van der Waals surface area (Å²) in [6.45, 7) is 2.59. The summed E-state index contributed by atoms with van der Waals surface area (Å²) in [5, 5.41) is 9.19. The molecule has 1 fully saturated rings. The lowest BCUT2D eigenvalue weighted by atomic mass is 9.97. The molecule has 1 aliphatic rings. The first-order valence-electron chi connectivity index (χ1n) is 16.8. The van der Waals surface area contributed by atoms with Gasteiger partial charge in [0, 0.05) is 13.2 Å². The average Bonchev–Trinajstić information content (AvgIpc) is 3.13.